The van der Waals surface area contributed by atoms with Gasteiger partial charge in [0.1, 0.15) is 36.5 Å². The lowest BCUT2D eigenvalue weighted by Gasteiger charge is -2.22. The van der Waals surface area contributed by atoms with Crippen molar-refractivity contribution in [2.75, 3.05) is 37.8 Å². The SMILES string of the molecule is CC(C)(C)OC(=O)CC[C@H](NC(=O)OCC1c2ccccc2-c2ccccc21)C(=O)NCCSSCCNC(=O)[C@H](CCC(=O)OC(C)(C)C)NC(=O)OCC1c2ccccc2-c2ccccc21. The van der Waals surface area contributed by atoms with Gasteiger partial charge in [-0.15, -0.1) is 0 Å². The van der Waals surface area contributed by atoms with Gasteiger partial charge in [-0.3, -0.25) is 19.2 Å². The predicted octanol–water partition coefficient (Wildman–Crippen LogP) is 8.66. The fraction of sp³-hybridized carbons (Fsp3) is 0.423. The predicted molar refractivity (Wildman–Crippen MR) is 265 cm³/mol. The lowest BCUT2D eigenvalue weighted by Crippen LogP contribution is -2.48. The number of esters is 2. The van der Waals surface area contributed by atoms with E-state index in [0.29, 0.717) is 11.5 Å². The first-order valence-corrected chi connectivity index (χ1v) is 25.4. The molecular weight excluding hydrogens is 905 g/mol. The Bertz CT molecular complexity index is 2170. The van der Waals surface area contributed by atoms with Crippen LogP contribution in [0.15, 0.2) is 97.1 Å². The second-order valence-electron chi connectivity index (χ2n) is 18.5. The highest BCUT2D eigenvalue weighted by Gasteiger charge is 2.32. The van der Waals surface area contributed by atoms with Gasteiger partial charge >= 0.3 is 24.1 Å². The van der Waals surface area contributed by atoms with E-state index in [-0.39, 0.29) is 63.8 Å². The molecule has 0 heterocycles. The van der Waals surface area contributed by atoms with E-state index < -0.39 is 59.2 Å². The molecule has 6 rings (SSSR count). The Kier molecular flexibility index (Phi) is 18.0. The molecule has 0 bridgehead atoms. The first-order valence-electron chi connectivity index (χ1n) is 22.9. The largest absolute Gasteiger partial charge is 0.460 e. The molecule has 0 spiro atoms. The molecular formula is C52H62N4O10S2. The van der Waals surface area contributed by atoms with Crippen LogP contribution in [0.25, 0.3) is 22.3 Å². The number of rotatable bonds is 21. The summed E-state index contributed by atoms with van der Waals surface area (Å²) in [5.41, 5.74) is 7.17. The quantitative estimate of drug-likeness (QED) is 0.0270. The number of amides is 4. The van der Waals surface area contributed by atoms with E-state index in [1.807, 2.05) is 97.1 Å². The molecule has 0 aliphatic heterocycles. The molecule has 0 saturated carbocycles. The van der Waals surface area contributed by atoms with Gasteiger partial charge in [-0.25, -0.2) is 9.59 Å². The van der Waals surface area contributed by atoms with E-state index in [0.717, 1.165) is 44.5 Å². The Balaban J connectivity index is 0.945. The number of benzene rings is 4. The molecule has 0 saturated heterocycles. The van der Waals surface area contributed by atoms with Gasteiger partial charge in [0.05, 0.1) is 0 Å². The van der Waals surface area contributed by atoms with E-state index in [4.69, 9.17) is 18.9 Å². The molecule has 2 aliphatic rings. The van der Waals surface area contributed by atoms with E-state index in [9.17, 15) is 28.8 Å². The topological polar surface area (TPSA) is 187 Å². The zero-order chi connectivity index (χ0) is 48.8. The van der Waals surface area contributed by atoms with Crippen LogP contribution in [0.5, 0.6) is 0 Å². The van der Waals surface area contributed by atoms with Crippen LogP contribution in [0, 0.1) is 0 Å². The van der Waals surface area contributed by atoms with Crippen LogP contribution in [0.2, 0.25) is 0 Å². The van der Waals surface area contributed by atoms with Crippen molar-refractivity contribution in [1.82, 2.24) is 21.3 Å². The molecule has 362 valence electrons. The molecule has 4 amide bonds. The Morgan fingerprint density at radius 2 is 0.809 bits per heavy atom. The fourth-order valence-electron chi connectivity index (χ4n) is 8.21. The van der Waals surface area contributed by atoms with E-state index in [1.165, 1.54) is 21.6 Å². The second kappa shape index (κ2) is 23.8. The number of alkyl carbamates (subject to hydrolysis) is 2. The summed E-state index contributed by atoms with van der Waals surface area (Å²) >= 11 is 0. The third kappa shape index (κ3) is 14.7. The van der Waals surface area contributed by atoms with Crippen LogP contribution in [-0.2, 0) is 38.1 Å². The minimum atomic E-state index is -1.06. The summed E-state index contributed by atoms with van der Waals surface area (Å²) in [6.45, 7) is 11.2. The molecule has 0 aromatic heterocycles. The summed E-state index contributed by atoms with van der Waals surface area (Å²) in [7, 11) is 2.94. The molecule has 4 aromatic carbocycles. The average Bonchev–Trinajstić information content (AvgIpc) is 3.79. The van der Waals surface area contributed by atoms with Crippen LogP contribution < -0.4 is 21.3 Å². The number of hydrogen-bond acceptors (Lipinski definition) is 12. The highest BCUT2D eigenvalue weighted by Crippen LogP contribution is 2.45. The van der Waals surface area contributed by atoms with Crippen LogP contribution in [0.3, 0.4) is 0 Å². The number of carbonyl (C=O) groups excluding carboxylic acids is 6. The molecule has 2 atom stereocenters. The summed E-state index contributed by atoms with van der Waals surface area (Å²) in [6.07, 6.45) is -1.74. The first kappa shape index (κ1) is 51.4. The van der Waals surface area contributed by atoms with Crippen LogP contribution >= 0.6 is 21.6 Å². The van der Waals surface area contributed by atoms with Gasteiger partial charge in [0, 0.05) is 49.3 Å². The Hall–Kier alpha value is -6.00. The average molecular weight is 967 g/mol. The number of fused-ring (bicyclic) bond motifs is 6. The van der Waals surface area contributed by atoms with Crippen molar-refractivity contribution in [3.63, 3.8) is 0 Å². The molecule has 0 fully saturated rings. The molecule has 14 nitrogen and oxygen atoms in total. The highest BCUT2D eigenvalue weighted by molar-refractivity contribution is 8.76. The maximum Gasteiger partial charge on any atom is 0.407 e. The summed E-state index contributed by atoms with van der Waals surface area (Å²) in [4.78, 5) is 78.4. The zero-order valence-electron chi connectivity index (χ0n) is 39.5. The zero-order valence-corrected chi connectivity index (χ0v) is 41.2. The molecule has 4 aromatic rings. The van der Waals surface area contributed by atoms with Crippen molar-refractivity contribution in [2.24, 2.45) is 0 Å². The van der Waals surface area contributed by atoms with Crippen LogP contribution in [0.4, 0.5) is 9.59 Å². The van der Waals surface area contributed by atoms with Gasteiger partial charge in [-0.05, 0) is 98.9 Å². The second-order valence-corrected chi connectivity index (χ2v) is 21.2. The molecule has 16 heteroatoms. The van der Waals surface area contributed by atoms with Crippen molar-refractivity contribution in [3.05, 3.63) is 119 Å². The molecule has 4 N–H and O–H groups in total. The summed E-state index contributed by atoms with van der Waals surface area (Å²) in [5, 5.41) is 11.0. The minimum Gasteiger partial charge on any atom is -0.460 e. The lowest BCUT2D eigenvalue weighted by molar-refractivity contribution is -0.156. The highest BCUT2D eigenvalue weighted by atomic mass is 33.1. The standard InChI is InChI=1S/C52H62N4O10S2/c1-51(2,3)65-45(57)25-23-43(55-49(61)63-31-41-37-19-11-7-15-33(37)34-16-8-12-20-38(34)41)47(59)53-27-29-67-68-30-28-54-48(60)44(24-26-46(58)66-52(4,5)6)56-50(62)64-32-42-39-21-13-9-17-35(39)36-18-10-14-22-40(36)42/h7-22,41-44H,23-32H2,1-6H3,(H,53,59)(H,54,60)(H,55,61)(H,56,62)/t43-,44-/m0/s1. The van der Waals surface area contributed by atoms with E-state index >= 15 is 0 Å². The van der Waals surface area contributed by atoms with Gasteiger partial charge in [0.15, 0.2) is 0 Å². The number of carbonyl (C=O) groups is 6. The first-order chi connectivity index (χ1) is 32.5. The third-order valence-electron chi connectivity index (χ3n) is 11.1. The molecule has 68 heavy (non-hydrogen) atoms. The Morgan fingerprint density at radius 3 is 1.12 bits per heavy atom. The van der Waals surface area contributed by atoms with Crippen LogP contribution in [0.1, 0.15) is 101 Å². The van der Waals surface area contributed by atoms with Gasteiger partial charge in [-0.2, -0.15) is 0 Å². The minimum absolute atomic E-state index is 0.00144. The number of hydrogen-bond donors (Lipinski definition) is 4. The van der Waals surface area contributed by atoms with E-state index in [2.05, 4.69) is 21.3 Å². The Morgan fingerprint density at radius 1 is 0.500 bits per heavy atom. The van der Waals surface area contributed by atoms with Crippen molar-refractivity contribution in [3.8, 4) is 22.3 Å². The van der Waals surface area contributed by atoms with Crippen molar-refractivity contribution < 1.29 is 47.7 Å². The smallest absolute Gasteiger partial charge is 0.407 e. The monoisotopic (exact) mass is 966 g/mol. The maximum absolute atomic E-state index is 13.4. The third-order valence-corrected chi connectivity index (χ3v) is 13.5. The van der Waals surface area contributed by atoms with Gasteiger partial charge < -0.3 is 40.2 Å². The number of nitrogens with one attached hydrogen (secondary N) is 4. The lowest BCUT2D eigenvalue weighted by atomic mass is 9.98. The van der Waals surface area contributed by atoms with Gasteiger partial charge in [0.2, 0.25) is 11.8 Å². The van der Waals surface area contributed by atoms with Crippen molar-refractivity contribution in [1.29, 1.82) is 0 Å². The van der Waals surface area contributed by atoms with Crippen molar-refractivity contribution >= 4 is 57.5 Å². The van der Waals surface area contributed by atoms with E-state index in [1.54, 1.807) is 41.5 Å². The van der Waals surface area contributed by atoms with Gasteiger partial charge in [-0.1, -0.05) is 119 Å². The van der Waals surface area contributed by atoms with Crippen LogP contribution in [-0.4, -0.2) is 97.0 Å². The normalized spacial score (nSPS) is 13.7. The number of ether oxygens (including phenoxy) is 4. The molecule has 0 radical (unpaired) electrons. The maximum atomic E-state index is 13.4. The summed E-state index contributed by atoms with van der Waals surface area (Å²) < 4.78 is 22.3. The molecule has 2 aliphatic carbocycles. The Labute approximate surface area is 406 Å². The fourth-order valence-corrected chi connectivity index (χ4v) is 10.0. The summed E-state index contributed by atoms with van der Waals surface area (Å²) in [5.74, 6) is -1.27. The summed E-state index contributed by atoms with van der Waals surface area (Å²) in [6, 6.07) is 29.9. The van der Waals surface area contributed by atoms with Crippen molar-refractivity contribution in [2.45, 2.75) is 102 Å². The van der Waals surface area contributed by atoms with Gasteiger partial charge in [0.25, 0.3) is 0 Å². The molecule has 0 unspecified atom stereocenters.